The van der Waals surface area contributed by atoms with Crippen molar-refractivity contribution in [2.75, 3.05) is 13.1 Å². The molecular formula is C18H22N+. The second kappa shape index (κ2) is 5.99. The molecule has 0 unspecified atom stereocenters. The van der Waals surface area contributed by atoms with Crippen LogP contribution < -0.4 is 0 Å². The lowest BCUT2D eigenvalue weighted by Crippen LogP contribution is -2.43. The molecule has 0 fully saturated rings. The fourth-order valence-electron chi connectivity index (χ4n) is 2.09. The van der Waals surface area contributed by atoms with Crippen LogP contribution in [0.15, 0.2) is 59.4 Å². The summed E-state index contributed by atoms with van der Waals surface area (Å²) in [6.07, 6.45) is 19.0. The number of rotatable bonds is 4. The van der Waals surface area contributed by atoms with Crippen molar-refractivity contribution in [1.82, 2.24) is 4.90 Å². The van der Waals surface area contributed by atoms with E-state index < -0.39 is 0 Å². The predicted octanol–water partition coefficient (Wildman–Crippen LogP) is 3.98. The van der Waals surface area contributed by atoms with Gasteiger partial charge in [-0.1, -0.05) is 12.2 Å². The second-order valence-electron chi connectivity index (χ2n) is 5.93. The lowest BCUT2D eigenvalue weighted by molar-refractivity contribution is 0.167. The minimum Gasteiger partial charge on any atom is -0.286 e. The van der Waals surface area contributed by atoms with Crippen LogP contribution in [0.3, 0.4) is 0 Å². The first-order valence-corrected chi connectivity index (χ1v) is 6.87. The van der Waals surface area contributed by atoms with E-state index in [-0.39, 0.29) is 5.54 Å². The maximum atomic E-state index is 3.36. The Hall–Kier alpha value is -1.65. The molecule has 0 saturated carbocycles. The van der Waals surface area contributed by atoms with Gasteiger partial charge in [-0.15, -0.1) is 5.73 Å². The van der Waals surface area contributed by atoms with E-state index in [0.29, 0.717) is 0 Å². The van der Waals surface area contributed by atoms with Crippen LogP contribution in [0.25, 0.3) is 0 Å². The van der Waals surface area contributed by atoms with Gasteiger partial charge in [0.2, 0.25) is 0 Å². The fourth-order valence-corrected chi connectivity index (χ4v) is 2.09. The van der Waals surface area contributed by atoms with Crippen molar-refractivity contribution < 1.29 is 0 Å². The molecule has 2 rings (SSSR count). The topological polar surface area (TPSA) is 3.24 Å². The van der Waals surface area contributed by atoms with Crippen molar-refractivity contribution in [2.45, 2.75) is 32.7 Å². The van der Waals surface area contributed by atoms with Gasteiger partial charge in [-0.3, -0.25) is 4.90 Å². The third-order valence-corrected chi connectivity index (χ3v) is 3.30. The van der Waals surface area contributed by atoms with Gasteiger partial charge in [0.15, 0.2) is 0 Å². The van der Waals surface area contributed by atoms with E-state index in [0.717, 1.165) is 19.5 Å². The van der Waals surface area contributed by atoms with Gasteiger partial charge in [-0.05, 0) is 33.3 Å². The van der Waals surface area contributed by atoms with Crippen molar-refractivity contribution in [3.8, 4) is 0 Å². The van der Waals surface area contributed by atoms with E-state index >= 15 is 0 Å². The molecule has 0 aromatic heterocycles. The van der Waals surface area contributed by atoms with E-state index in [1.165, 1.54) is 11.1 Å². The summed E-state index contributed by atoms with van der Waals surface area (Å²) in [7, 11) is 0. The van der Waals surface area contributed by atoms with Crippen molar-refractivity contribution in [3.05, 3.63) is 65.5 Å². The van der Waals surface area contributed by atoms with Gasteiger partial charge in [0.25, 0.3) is 0 Å². The number of hydrogen-bond donors (Lipinski definition) is 0. The molecule has 0 amide bonds. The molecule has 0 N–H and O–H groups in total. The molecule has 0 spiro atoms. The van der Waals surface area contributed by atoms with Crippen LogP contribution in [-0.2, 0) is 0 Å². The first-order valence-electron chi connectivity index (χ1n) is 6.87. The van der Waals surface area contributed by atoms with Crippen molar-refractivity contribution in [2.24, 2.45) is 0 Å². The molecule has 0 atom stereocenters. The average molecular weight is 252 g/mol. The average Bonchev–Trinajstić information content (AvgIpc) is 2.39. The Morgan fingerprint density at radius 2 is 2.11 bits per heavy atom. The molecule has 19 heavy (non-hydrogen) atoms. The van der Waals surface area contributed by atoms with Crippen molar-refractivity contribution in [1.29, 1.82) is 0 Å². The van der Waals surface area contributed by atoms with Crippen LogP contribution in [0.5, 0.6) is 0 Å². The number of nitrogens with zero attached hydrogens (tertiary/aromatic N) is 1. The third-order valence-electron chi connectivity index (χ3n) is 3.30. The summed E-state index contributed by atoms with van der Waals surface area (Å²) in [5.41, 5.74) is 5.99. The molecule has 0 saturated heterocycles. The van der Waals surface area contributed by atoms with Crippen molar-refractivity contribution >= 4 is 0 Å². The summed E-state index contributed by atoms with van der Waals surface area (Å²) >= 11 is 0. The molecule has 1 nitrogen and oxygen atoms in total. The molecule has 0 radical (unpaired) electrons. The van der Waals surface area contributed by atoms with Gasteiger partial charge < -0.3 is 0 Å². The minimum atomic E-state index is 0.129. The number of hydrogen-bond acceptors (Lipinski definition) is 1. The monoisotopic (exact) mass is 252 g/mol. The van der Waals surface area contributed by atoms with Gasteiger partial charge >= 0.3 is 0 Å². The van der Waals surface area contributed by atoms with E-state index in [1.807, 2.05) is 12.2 Å². The Morgan fingerprint density at radius 3 is 2.68 bits per heavy atom. The molecular weight excluding hydrogens is 230 g/mol. The highest BCUT2D eigenvalue weighted by atomic mass is 15.2. The molecule has 0 heterocycles. The highest BCUT2D eigenvalue weighted by Crippen LogP contribution is 2.19. The Labute approximate surface area is 117 Å². The summed E-state index contributed by atoms with van der Waals surface area (Å²) in [5.74, 6) is 0. The lowest BCUT2D eigenvalue weighted by atomic mass is 10.0. The smallest absolute Gasteiger partial charge is 0.130 e. The largest absolute Gasteiger partial charge is 0.286 e. The van der Waals surface area contributed by atoms with Gasteiger partial charge in [0, 0.05) is 35.9 Å². The lowest BCUT2D eigenvalue weighted by Gasteiger charge is -2.35. The van der Waals surface area contributed by atoms with Crippen LogP contribution >= 0.6 is 0 Å². The summed E-state index contributed by atoms with van der Waals surface area (Å²) in [4.78, 5) is 2.46. The van der Waals surface area contributed by atoms with Crippen LogP contribution in [0.1, 0.15) is 27.2 Å². The zero-order chi connectivity index (χ0) is 13.7. The second-order valence-corrected chi connectivity index (χ2v) is 5.93. The molecule has 0 aliphatic heterocycles. The highest BCUT2D eigenvalue weighted by molar-refractivity contribution is 5.30. The van der Waals surface area contributed by atoms with Gasteiger partial charge in [0.1, 0.15) is 11.6 Å². The van der Waals surface area contributed by atoms with E-state index in [9.17, 15) is 0 Å². The summed E-state index contributed by atoms with van der Waals surface area (Å²) in [6.45, 7) is 8.62. The minimum absolute atomic E-state index is 0.129. The van der Waals surface area contributed by atoms with Crippen molar-refractivity contribution in [3.63, 3.8) is 0 Å². The van der Waals surface area contributed by atoms with E-state index in [4.69, 9.17) is 0 Å². The maximum Gasteiger partial charge on any atom is 0.130 e. The predicted molar refractivity (Wildman–Crippen MR) is 81.7 cm³/mol. The molecule has 98 valence electrons. The summed E-state index contributed by atoms with van der Waals surface area (Å²) in [6, 6.07) is 0. The Balaban J connectivity index is 2.10. The maximum absolute atomic E-state index is 3.36. The zero-order valence-electron chi connectivity index (χ0n) is 12.1. The van der Waals surface area contributed by atoms with Crippen LogP contribution in [0.2, 0.25) is 0 Å². The summed E-state index contributed by atoms with van der Waals surface area (Å²) < 4.78 is 0. The van der Waals surface area contributed by atoms with Gasteiger partial charge in [0.05, 0.1) is 12.6 Å². The standard InChI is InChI=1S/C18H22N/c1-18(2,3)19(14-16-10-6-4-7-11-16)15-17-12-8-5-9-13-17/h4,6-10,12H,5,14-15H2,1-3H3/q+1. The molecule has 0 bridgehead atoms. The molecule has 2 aliphatic rings. The van der Waals surface area contributed by atoms with Gasteiger partial charge in [-0.25, -0.2) is 0 Å². The number of allylic oxidation sites excluding steroid dienone is 5. The SMILES string of the molecule is CC(C)(C)N(CC1=C=CCC=C1)CC1=CC=CC=[C+]1. The Morgan fingerprint density at radius 1 is 1.26 bits per heavy atom. The molecule has 0 aromatic rings. The van der Waals surface area contributed by atoms with Crippen LogP contribution in [0, 0.1) is 6.08 Å². The quantitative estimate of drug-likeness (QED) is 0.540. The summed E-state index contributed by atoms with van der Waals surface area (Å²) in [5, 5.41) is 0. The van der Waals surface area contributed by atoms with E-state index in [2.05, 4.69) is 67.9 Å². The highest BCUT2D eigenvalue weighted by Gasteiger charge is 2.24. The van der Waals surface area contributed by atoms with Crippen LogP contribution in [-0.4, -0.2) is 23.5 Å². The fraction of sp³-hybridized carbons (Fsp3) is 0.389. The first kappa shape index (κ1) is 13.8. The third kappa shape index (κ3) is 4.19. The van der Waals surface area contributed by atoms with Crippen LogP contribution in [0.4, 0.5) is 0 Å². The molecule has 0 aromatic carbocycles. The Bertz CT molecular complexity index is 500. The van der Waals surface area contributed by atoms with Gasteiger partial charge in [-0.2, -0.15) is 0 Å². The normalized spacial score (nSPS) is 17.5. The zero-order valence-corrected chi connectivity index (χ0v) is 12.1. The molecule has 1 heteroatoms. The molecule has 2 aliphatic carbocycles. The Kier molecular flexibility index (Phi) is 4.35. The van der Waals surface area contributed by atoms with E-state index in [1.54, 1.807) is 0 Å². The first-order chi connectivity index (χ1) is 9.05.